The molecule has 0 aliphatic rings. The number of aliphatic carboxylic acids is 1. The Bertz CT molecular complexity index is 1240. The minimum absolute atomic E-state index is 0.00275. The molecule has 2 heterocycles. The Morgan fingerprint density at radius 3 is 2.26 bits per heavy atom. The van der Waals surface area contributed by atoms with Crippen LogP contribution >= 0.6 is 0 Å². The molecule has 1 amide bonds. The van der Waals surface area contributed by atoms with Crippen LogP contribution in [0.25, 0.3) is 11.2 Å². The van der Waals surface area contributed by atoms with Gasteiger partial charge in [-0.2, -0.15) is 4.98 Å². The lowest BCUT2D eigenvalue weighted by molar-refractivity contribution is -0.137. The molecule has 0 spiro atoms. The monoisotopic (exact) mass is 419 g/mol. The summed E-state index contributed by atoms with van der Waals surface area (Å²) in [5.74, 6) is -1.29. The van der Waals surface area contributed by atoms with E-state index in [0.717, 1.165) is 15.7 Å². The Balaban J connectivity index is 1.57. The number of imidazole rings is 1. The number of benzene rings is 2. The number of nitrogens with one attached hydrogen (secondary N) is 2. The molecule has 4 aromatic rings. The standard InChI is InChI=1S/C21H17N5O5/c27-15(28)11-26-12-22-18-16(26)19(29)24-20(23-18)25-21(30)31-17(13-7-3-1-4-8-13)14-9-5-2-6-10-14/h1-10,12,17H,11H2,(H,27,28)(H2,23,24,25,29,30). The summed E-state index contributed by atoms with van der Waals surface area (Å²) in [7, 11) is 0. The van der Waals surface area contributed by atoms with Crippen molar-refractivity contribution in [2.75, 3.05) is 5.32 Å². The van der Waals surface area contributed by atoms with Crippen molar-refractivity contribution in [1.82, 2.24) is 19.5 Å². The zero-order chi connectivity index (χ0) is 21.8. The number of carboxylic acids is 1. The van der Waals surface area contributed by atoms with Gasteiger partial charge in [0, 0.05) is 0 Å². The minimum Gasteiger partial charge on any atom is -0.480 e. The molecular formula is C21H17N5O5. The highest BCUT2D eigenvalue weighted by atomic mass is 16.6. The number of nitrogens with zero attached hydrogens (tertiary/aromatic N) is 3. The lowest BCUT2D eigenvalue weighted by Crippen LogP contribution is -2.22. The lowest BCUT2D eigenvalue weighted by atomic mass is 10.0. The highest BCUT2D eigenvalue weighted by Crippen LogP contribution is 2.26. The van der Waals surface area contributed by atoms with Gasteiger partial charge in [0.1, 0.15) is 6.54 Å². The average Bonchev–Trinajstić information content (AvgIpc) is 3.15. The van der Waals surface area contributed by atoms with Gasteiger partial charge in [0.15, 0.2) is 17.3 Å². The summed E-state index contributed by atoms with van der Waals surface area (Å²) >= 11 is 0. The number of ether oxygens (including phenoxy) is 1. The molecule has 31 heavy (non-hydrogen) atoms. The van der Waals surface area contributed by atoms with E-state index in [9.17, 15) is 14.4 Å². The highest BCUT2D eigenvalue weighted by molar-refractivity contribution is 5.84. The molecule has 0 bridgehead atoms. The summed E-state index contributed by atoms with van der Waals surface area (Å²) in [5, 5.41) is 11.3. The number of H-pyrrole nitrogens is 1. The van der Waals surface area contributed by atoms with Crippen LogP contribution < -0.4 is 10.9 Å². The number of amides is 1. The second-order valence-electron chi connectivity index (χ2n) is 6.58. The number of carbonyl (C=O) groups excluding carboxylic acids is 1. The molecule has 156 valence electrons. The largest absolute Gasteiger partial charge is 0.480 e. The second kappa shape index (κ2) is 8.49. The molecule has 3 N–H and O–H groups in total. The van der Waals surface area contributed by atoms with Crippen LogP contribution in [0.3, 0.4) is 0 Å². The van der Waals surface area contributed by atoms with E-state index in [2.05, 4.69) is 20.3 Å². The minimum atomic E-state index is -1.13. The van der Waals surface area contributed by atoms with Crippen LogP contribution in [0.1, 0.15) is 17.2 Å². The molecule has 0 saturated carbocycles. The Labute approximate surface area is 175 Å². The van der Waals surface area contributed by atoms with Gasteiger partial charge in [0.05, 0.1) is 6.33 Å². The maximum atomic E-state index is 12.6. The van der Waals surface area contributed by atoms with E-state index in [1.54, 1.807) is 0 Å². The fourth-order valence-corrected chi connectivity index (χ4v) is 3.13. The topological polar surface area (TPSA) is 139 Å². The summed E-state index contributed by atoms with van der Waals surface area (Å²) in [4.78, 5) is 46.3. The smallest absolute Gasteiger partial charge is 0.414 e. The first kappa shape index (κ1) is 19.8. The molecule has 0 unspecified atom stereocenters. The van der Waals surface area contributed by atoms with E-state index in [-0.39, 0.29) is 17.1 Å². The Hall–Kier alpha value is -4.47. The molecular weight excluding hydrogens is 402 g/mol. The van der Waals surface area contributed by atoms with Gasteiger partial charge in [0.2, 0.25) is 5.95 Å². The van der Waals surface area contributed by atoms with Gasteiger partial charge in [-0.05, 0) is 11.1 Å². The molecule has 2 aromatic carbocycles. The van der Waals surface area contributed by atoms with Crippen LogP contribution in [-0.4, -0.2) is 36.7 Å². The molecule has 4 rings (SSSR count). The van der Waals surface area contributed by atoms with Crippen molar-refractivity contribution in [1.29, 1.82) is 0 Å². The van der Waals surface area contributed by atoms with Crippen LogP contribution in [-0.2, 0) is 16.1 Å². The zero-order valence-electron chi connectivity index (χ0n) is 16.1. The number of fused-ring (bicyclic) bond motifs is 1. The number of anilines is 1. The maximum absolute atomic E-state index is 12.6. The van der Waals surface area contributed by atoms with Gasteiger partial charge in [-0.3, -0.25) is 19.9 Å². The lowest BCUT2D eigenvalue weighted by Gasteiger charge is -2.19. The molecule has 0 saturated heterocycles. The number of hydrogen-bond donors (Lipinski definition) is 3. The van der Waals surface area contributed by atoms with Crippen LogP contribution in [0.4, 0.5) is 10.7 Å². The van der Waals surface area contributed by atoms with Crippen molar-refractivity contribution < 1.29 is 19.4 Å². The predicted octanol–water partition coefficient (Wildman–Crippen LogP) is 2.54. The first-order valence-electron chi connectivity index (χ1n) is 9.26. The first-order valence-corrected chi connectivity index (χ1v) is 9.26. The normalized spacial score (nSPS) is 10.9. The Morgan fingerprint density at radius 1 is 1.06 bits per heavy atom. The fourth-order valence-electron chi connectivity index (χ4n) is 3.13. The van der Waals surface area contributed by atoms with Crippen molar-refractivity contribution in [2.45, 2.75) is 12.6 Å². The van der Waals surface area contributed by atoms with E-state index in [1.807, 2.05) is 60.7 Å². The molecule has 10 nitrogen and oxygen atoms in total. The number of aromatic nitrogens is 4. The molecule has 0 atom stereocenters. The predicted molar refractivity (Wildman–Crippen MR) is 111 cm³/mol. The summed E-state index contributed by atoms with van der Waals surface area (Å²) < 4.78 is 6.78. The van der Waals surface area contributed by atoms with E-state index in [0.29, 0.717) is 0 Å². The average molecular weight is 419 g/mol. The molecule has 10 heteroatoms. The number of aromatic amines is 1. The zero-order valence-corrected chi connectivity index (χ0v) is 16.1. The van der Waals surface area contributed by atoms with Gasteiger partial charge in [-0.25, -0.2) is 9.78 Å². The number of carboxylic acid groups (broad SMARTS) is 1. The van der Waals surface area contributed by atoms with Gasteiger partial charge < -0.3 is 14.4 Å². The summed E-state index contributed by atoms with van der Waals surface area (Å²) in [6.07, 6.45) is -0.304. The fraction of sp³-hybridized carbons (Fsp3) is 0.0952. The van der Waals surface area contributed by atoms with Crippen molar-refractivity contribution in [2.24, 2.45) is 0 Å². The maximum Gasteiger partial charge on any atom is 0.414 e. The Morgan fingerprint density at radius 2 is 1.68 bits per heavy atom. The third-order valence-electron chi connectivity index (χ3n) is 4.44. The number of rotatable bonds is 6. The second-order valence-corrected chi connectivity index (χ2v) is 6.58. The highest BCUT2D eigenvalue weighted by Gasteiger charge is 2.20. The van der Waals surface area contributed by atoms with Crippen LogP contribution in [0.5, 0.6) is 0 Å². The Kier molecular flexibility index (Phi) is 5.43. The van der Waals surface area contributed by atoms with Crippen LogP contribution in [0, 0.1) is 0 Å². The van der Waals surface area contributed by atoms with Crippen molar-refractivity contribution >= 4 is 29.2 Å². The molecule has 2 aromatic heterocycles. The van der Waals surface area contributed by atoms with E-state index < -0.39 is 30.3 Å². The van der Waals surface area contributed by atoms with E-state index in [4.69, 9.17) is 9.84 Å². The van der Waals surface area contributed by atoms with Gasteiger partial charge in [-0.1, -0.05) is 60.7 Å². The SMILES string of the molecule is O=C(O)Cn1cnc2nc(NC(=O)OC(c3ccccc3)c3ccccc3)[nH]c(=O)c21. The summed E-state index contributed by atoms with van der Waals surface area (Å²) in [6, 6.07) is 18.4. The van der Waals surface area contributed by atoms with E-state index >= 15 is 0 Å². The van der Waals surface area contributed by atoms with Gasteiger partial charge >= 0.3 is 12.1 Å². The van der Waals surface area contributed by atoms with Crippen LogP contribution in [0.2, 0.25) is 0 Å². The van der Waals surface area contributed by atoms with Crippen molar-refractivity contribution in [3.8, 4) is 0 Å². The molecule has 0 aliphatic heterocycles. The van der Waals surface area contributed by atoms with Crippen molar-refractivity contribution in [3.05, 3.63) is 88.5 Å². The summed E-state index contributed by atoms with van der Waals surface area (Å²) in [6.45, 7) is -0.439. The third-order valence-corrected chi connectivity index (χ3v) is 4.44. The number of carbonyl (C=O) groups is 2. The van der Waals surface area contributed by atoms with Gasteiger partial charge in [-0.15, -0.1) is 0 Å². The first-order chi connectivity index (χ1) is 15.0. The molecule has 0 aliphatic carbocycles. The third kappa shape index (κ3) is 4.42. The number of hydrogen-bond acceptors (Lipinski definition) is 6. The van der Waals surface area contributed by atoms with Gasteiger partial charge in [0.25, 0.3) is 5.56 Å². The van der Waals surface area contributed by atoms with Crippen LogP contribution in [0.15, 0.2) is 71.8 Å². The van der Waals surface area contributed by atoms with E-state index in [1.165, 1.54) is 6.33 Å². The molecule has 0 fully saturated rings. The summed E-state index contributed by atoms with van der Waals surface area (Å²) in [5.41, 5.74) is 0.902. The van der Waals surface area contributed by atoms with Crippen molar-refractivity contribution in [3.63, 3.8) is 0 Å². The quantitative estimate of drug-likeness (QED) is 0.436. The molecule has 0 radical (unpaired) electrons.